The van der Waals surface area contributed by atoms with Gasteiger partial charge in [-0.25, -0.2) is 0 Å². The second-order valence-electron chi connectivity index (χ2n) is 7.22. The summed E-state index contributed by atoms with van der Waals surface area (Å²) in [6.45, 7) is 11.3. The Morgan fingerprint density at radius 3 is 2.12 bits per heavy atom. The van der Waals surface area contributed by atoms with E-state index in [4.69, 9.17) is 5.73 Å². The minimum atomic E-state index is 0.346. The maximum Gasteiger partial charge on any atom is 0.0113 e. The van der Waals surface area contributed by atoms with Crippen molar-refractivity contribution in [3.8, 4) is 0 Å². The van der Waals surface area contributed by atoms with Crippen molar-refractivity contribution in [1.82, 2.24) is 4.90 Å². The molecule has 1 aliphatic rings. The monoisotopic (exact) mass is 240 g/mol. The van der Waals surface area contributed by atoms with Gasteiger partial charge in [-0.3, -0.25) is 0 Å². The molecule has 0 aromatic carbocycles. The quantitative estimate of drug-likeness (QED) is 0.817. The van der Waals surface area contributed by atoms with Crippen LogP contribution in [0.3, 0.4) is 0 Å². The minimum absolute atomic E-state index is 0.346. The predicted molar refractivity (Wildman–Crippen MR) is 76.1 cm³/mol. The molecule has 17 heavy (non-hydrogen) atoms. The van der Waals surface area contributed by atoms with Gasteiger partial charge in [0, 0.05) is 12.6 Å². The highest BCUT2D eigenvalue weighted by Crippen LogP contribution is 2.37. The fourth-order valence-electron chi connectivity index (χ4n) is 3.06. The second-order valence-corrected chi connectivity index (χ2v) is 7.22. The predicted octanol–water partition coefficient (Wildman–Crippen LogP) is 3.26. The van der Waals surface area contributed by atoms with Gasteiger partial charge in [-0.2, -0.15) is 0 Å². The molecule has 2 nitrogen and oxygen atoms in total. The van der Waals surface area contributed by atoms with Gasteiger partial charge < -0.3 is 10.6 Å². The zero-order chi connectivity index (χ0) is 13.1. The molecule has 2 heteroatoms. The molecular formula is C15H32N2. The van der Waals surface area contributed by atoms with E-state index < -0.39 is 0 Å². The van der Waals surface area contributed by atoms with Crippen LogP contribution in [-0.2, 0) is 0 Å². The van der Waals surface area contributed by atoms with E-state index in [-0.39, 0.29) is 0 Å². The standard InChI is InChI=1S/C15H32N2/c1-13(14(2,3)4)17(5)12-15(11-16)9-7-6-8-10-15/h13H,6-12,16H2,1-5H3. The van der Waals surface area contributed by atoms with Crippen LogP contribution in [0.5, 0.6) is 0 Å². The summed E-state index contributed by atoms with van der Waals surface area (Å²) in [6.07, 6.45) is 6.79. The lowest BCUT2D eigenvalue weighted by atomic mass is 9.73. The molecule has 2 N–H and O–H groups in total. The second kappa shape index (κ2) is 5.71. The van der Waals surface area contributed by atoms with Crippen LogP contribution in [-0.4, -0.2) is 31.1 Å². The Morgan fingerprint density at radius 2 is 1.71 bits per heavy atom. The van der Waals surface area contributed by atoms with Crippen molar-refractivity contribution in [1.29, 1.82) is 0 Å². The molecule has 1 atom stereocenters. The lowest BCUT2D eigenvalue weighted by Gasteiger charge is -2.44. The number of nitrogens with two attached hydrogens (primary N) is 1. The smallest absolute Gasteiger partial charge is 0.0113 e. The van der Waals surface area contributed by atoms with Gasteiger partial charge in [-0.1, -0.05) is 40.0 Å². The van der Waals surface area contributed by atoms with E-state index in [0.29, 0.717) is 16.9 Å². The molecule has 1 aliphatic carbocycles. The molecule has 1 rings (SSSR count). The van der Waals surface area contributed by atoms with Crippen molar-refractivity contribution >= 4 is 0 Å². The molecule has 0 aromatic heterocycles. The lowest BCUT2D eigenvalue weighted by Crippen LogP contribution is -2.48. The third-order valence-corrected chi connectivity index (χ3v) is 4.85. The minimum Gasteiger partial charge on any atom is -0.330 e. The molecule has 1 fully saturated rings. The summed E-state index contributed by atoms with van der Waals surface area (Å²) in [6, 6.07) is 0.604. The topological polar surface area (TPSA) is 29.3 Å². The van der Waals surface area contributed by atoms with Gasteiger partial charge in [0.2, 0.25) is 0 Å². The molecule has 0 spiro atoms. The fraction of sp³-hybridized carbons (Fsp3) is 1.00. The summed E-state index contributed by atoms with van der Waals surface area (Å²) >= 11 is 0. The average Bonchev–Trinajstić information content (AvgIpc) is 2.28. The van der Waals surface area contributed by atoms with Crippen LogP contribution < -0.4 is 5.73 Å². The van der Waals surface area contributed by atoms with Crippen LogP contribution in [0.15, 0.2) is 0 Å². The highest BCUT2D eigenvalue weighted by Gasteiger charge is 2.34. The van der Waals surface area contributed by atoms with Gasteiger partial charge >= 0.3 is 0 Å². The van der Waals surface area contributed by atoms with Crippen LogP contribution in [0.4, 0.5) is 0 Å². The van der Waals surface area contributed by atoms with E-state index in [1.807, 2.05) is 0 Å². The van der Waals surface area contributed by atoms with Gasteiger partial charge in [0.05, 0.1) is 0 Å². The van der Waals surface area contributed by atoms with E-state index in [1.54, 1.807) is 0 Å². The molecule has 1 unspecified atom stereocenters. The van der Waals surface area contributed by atoms with Gasteiger partial charge in [0.1, 0.15) is 0 Å². The Morgan fingerprint density at radius 1 is 1.18 bits per heavy atom. The van der Waals surface area contributed by atoms with E-state index in [2.05, 4.69) is 39.6 Å². The third kappa shape index (κ3) is 3.96. The average molecular weight is 240 g/mol. The number of hydrogen-bond donors (Lipinski definition) is 1. The Labute approximate surface area is 108 Å². The molecule has 0 aliphatic heterocycles. The van der Waals surface area contributed by atoms with Gasteiger partial charge in [-0.05, 0) is 44.2 Å². The Bertz CT molecular complexity index is 224. The number of nitrogens with zero attached hydrogens (tertiary/aromatic N) is 1. The summed E-state index contributed by atoms with van der Waals surface area (Å²) in [5, 5.41) is 0. The molecular weight excluding hydrogens is 208 g/mol. The van der Waals surface area contributed by atoms with E-state index in [0.717, 1.165) is 6.54 Å². The molecule has 0 radical (unpaired) electrons. The van der Waals surface area contributed by atoms with Crippen LogP contribution in [0.1, 0.15) is 59.8 Å². The van der Waals surface area contributed by atoms with E-state index in [9.17, 15) is 0 Å². The zero-order valence-electron chi connectivity index (χ0n) is 12.6. The summed E-state index contributed by atoms with van der Waals surface area (Å²) in [7, 11) is 2.27. The van der Waals surface area contributed by atoms with E-state index >= 15 is 0 Å². The normalized spacial score (nSPS) is 22.8. The largest absolute Gasteiger partial charge is 0.330 e. The van der Waals surface area contributed by atoms with Crippen molar-refractivity contribution in [2.24, 2.45) is 16.6 Å². The van der Waals surface area contributed by atoms with Crippen LogP contribution in [0, 0.1) is 10.8 Å². The fourth-order valence-corrected chi connectivity index (χ4v) is 3.06. The third-order valence-electron chi connectivity index (χ3n) is 4.85. The first kappa shape index (κ1) is 15.0. The van der Waals surface area contributed by atoms with Gasteiger partial charge in [-0.15, -0.1) is 0 Å². The number of hydrogen-bond acceptors (Lipinski definition) is 2. The molecule has 0 saturated heterocycles. The lowest BCUT2D eigenvalue weighted by molar-refractivity contribution is 0.0653. The molecule has 102 valence electrons. The van der Waals surface area contributed by atoms with Crippen molar-refractivity contribution in [2.45, 2.75) is 65.8 Å². The van der Waals surface area contributed by atoms with Crippen molar-refractivity contribution in [3.63, 3.8) is 0 Å². The Balaban J connectivity index is 2.61. The molecule has 0 heterocycles. The SMILES string of the molecule is CC(N(C)CC1(CN)CCCCC1)C(C)(C)C. The first-order valence-corrected chi connectivity index (χ1v) is 7.21. The zero-order valence-corrected chi connectivity index (χ0v) is 12.6. The first-order chi connectivity index (χ1) is 7.81. The maximum atomic E-state index is 6.07. The molecule has 1 saturated carbocycles. The Hall–Kier alpha value is -0.0800. The summed E-state index contributed by atoms with van der Waals surface area (Å²) in [5.41, 5.74) is 6.81. The van der Waals surface area contributed by atoms with Crippen LogP contribution >= 0.6 is 0 Å². The number of rotatable bonds is 4. The molecule has 0 bridgehead atoms. The van der Waals surface area contributed by atoms with Gasteiger partial charge in [0.15, 0.2) is 0 Å². The summed E-state index contributed by atoms with van der Waals surface area (Å²) in [5.74, 6) is 0. The maximum absolute atomic E-state index is 6.07. The molecule has 0 amide bonds. The van der Waals surface area contributed by atoms with Crippen LogP contribution in [0.25, 0.3) is 0 Å². The van der Waals surface area contributed by atoms with Crippen molar-refractivity contribution < 1.29 is 0 Å². The van der Waals surface area contributed by atoms with Gasteiger partial charge in [0.25, 0.3) is 0 Å². The van der Waals surface area contributed by atoms with Crippen molar-refractivity contribution in [3.05, 3.63) is 0 Å². The summed E-state index contributed by atoms with van der Waals surface area (Å²) in [4.78, 5) is 2.53. The van der Waals surface area contributed by atoms with Crippen molar-refractivity contribution in [2.75, 3.05) is 20.1 Å². The first-order valence-electron chi connectivity index (χ1n) is 7.21. The highest BCUT2D eigenvalue weighted by atomic mass is 15.1. The van der Waals surface area contributed by atoms with E-state index in [1.165, 1.54) is 38.6 Å². The van der Waals surface area contributed by atoms with Crippen LogP contribution in [0.2, 0.25) is 0 Å². The highest BCUT2D eigenvalue weighted by molar-refractivity contribution is 4.89. The summed E-state index contributed by atoms with van der Waals surface area (Å²) < 4.78 is 0. The molecule has 0 aromatic rings. The Kier molecular flexibility index (Phi) is 5.03.